The van der Waals surface area contributed by atoms with Crippen LogP contribution in [0.1, 0.15) is 13.3 Å². The van der Waals surface area contributed by atoms with Gasteiger partial charge in [-0.25, -0.2) is 8.42 Å². The molecule has 0 radical (unpaired) electrons. The van der Waals surface area contributed by atoms with Gasteiger partial charge in [-0.2, -0.15) is 4.31 Å². The van der Waals surface area contributed by atoms with Gasteiger partial charge in [-0.15, -0.1) is 0 Å². The van der Waals surface area contributed by atoms with E-state index in [1.807, 2.05) is 6.92 Å². The Morgan fingerprint density at radius 2 is 1.88 bits per heavy atom. The normalized spacial score (nSPS) is 15.5. The van der Waals surface area contributed by atoms with Crippen molar-refractivity contribution in [1.29, 1.82) is 0 Å². The van der Waals surface area contributed by atoms with Gasteiger partial charge in [0.2, 0.25) is 15.9 Å². The van der Waals surface area contributed by atoms with E-state index in [0.29, 0.717) is 25.4 Å². The molecule has 0 aromatic heterocycles. The summed E-state index contributed by atoms with van der Waals surface area (Å²) >= 11 is 0. The first-order valence-corrected chi connectivity index (χ1v) is 9.57. The molecule has 1 N–H and O–H groups in total. The second-order valence-corrected chi connectivity index (χ2v) is 7.76. The molecule has 0 aliphatic carbocycles. The Labute approximate surface area is 143 Å². The second kappa shape index (κ2) is 8.46. The fourth-order valence-corrected chi connectivity index (χ4v) is 3.52. The maximum absolute atomic E-state index is 12.6. The number of carbonyl (C=O) groups excluding carboxylic acids is 1. The van der Waals surface area contributed by atoms with Crippen molar-refractivity contribution >= 4 is 15.9 Å². The number of rotatable bonds is 7. The van der Waals surface area contributed by atoms with Gasteiger partial charge in [0.15, 0.2) is 0 Å². The van der Waals surface area contributed by atoms with Gasteiger partial charge >= 0.3 is 0 Å². The minimum absolute atomic E-state index is 0.155. The SMILES string of the molecule is CCCOc1ccc(S(=O)(=O)N(C)CC(=O)N2CCNCC2)cc1. The maximum atomic E-state index is 12.6. The Morgan fingerprint density at radius 3 is 2.46 bits per heavy atom. The number of benzene rings is 1. The average Bonchev–Trinajstić information content (AvgIpc) is 2.61. The number of amides is 1. The van der Waals surface area contributed by atoms with Crippen LogP contribution in [-0.4, -0.2) is 69.9 Å². The van der Waals surface area contributed by atoms with E-state index >= 15 is 0 Å². The molecule has 0 bridgehead atoms. The topological polar surface area (TPSA) is 79.0 Å². The Kier molecular flexibility index (Phi) is 6.59. The van der Waals surface area contributed by atoms with Crippen molar-refractivity contribution in [3.8, 4) is 5.75 Å². The van der Waals surface area contributed by atoms with Crippen LogP contribution >= 0.6 is 0 Å². The third kappa shape index (κ3) is 4.68. The van der Waals surface area contributed by atoms with Gasteiger partial charge in [0.1, 0.15) is 5.75 Å². The molecule has 1 heterocycles. The molecule has 134 valence electrons. The van der Waals surface area contributed by atoms with Crippen LogP contribution in [0.15, 0.2) is 29.2 Å². The van der Waals surface area contributed by atoms with Crippen molar-refractivity contribution in [2.75, 3.05) is 46.4 Å². The number of nitrogens with one attached hydrogen (secondary N) is 1. The highest BCUT2D eigenvalue weighted by Crippen LogP contribution is 2.19. The maximum Gasteiger partial charge on any atom is 0.243 e. The Balaban J connectivity index is 2.01. The molecule has 1 aromatic rings. The summed E-state index contributed by atoms with van der Waals surface area (Å²) in [4.78, 5) is 14.1. The monoisotopic (exact) mass is 355 g/mol. The first-order chi connectivity index (χ1) is 11.4. The first-order valence-electron chi connectivity index (χ1n) is 8.13. The molecule has 1 amide bonds. The van der Waals surface area contributed by atoms with Crippen molar-refractivity contribution in [3.63, 3.8) is 0 Å². The zero-order valence-electron chi connectivity index (χ0n) is 14.2. The predicted molar refractivity (Wildman–Crippen MR) is 91.5 cm³/mol. The molecular weight excluding hydrogens is 330 g/mol. The molecule has 0 atom stereocenters. The van der Waals surface area contributed by atoms with Gasteiger partial charge in [0, 0.05) is 33.2 Å². The number of piperazine rings is 1. The molecular formula is C16H25N3O4S. The number of nitrogens with zero attached hydrogens (tertiary/aromatic N) is 2. The van der Waals surface area contributed by atoms with E-state index in [9.17, 15) is 13.2 Å². The van der Waals surface area contributed by atoms with Gasteiger partial charge < -0.3 is 15.0 Å². The average molecular weight is 355 g/mol. The quantitative estimate of drug-likeness (QED) is 0.772. The summed E-state index contributed by atoms with van der Waals surface area (Å²) in [5.74, 6) is 0.459. The summed E-state index contributed by atoms with van der Waals surface area (Å²) < 4.78 is 31.7. The van der Waals surface area contributed by atoms with Gasteiger partial charge in [0.25, 0.3) is 0 Å². The molecule has 1 saturated heterocycles. The zero-order chi connectivity index (χ0) is 17.6. The fourth-order valence-electron chi connectivity index (χ4n) is 2.40. The van der Waals surface area contributed by atoms with Crippen LogP contribution in [0.25, 0.3) is 0 Å². The lowest BCUT2D eigenvalue weighted by Gasteiger charge is -2.29. The molecule has 0 unspecified atom stereocenters. The number of sulfonamides is 1. The Hall–Kier alpha value is -1.64. The number of hydrogen-bond donors (Lipinski definition) is 1. The molecule has 8 heteroatoms. The number of carbonyl (C=O) groups is 1. The molecule has 2 rings (SSSR count). The summed E-state index contributed by atoms with van der Waals surface area (Å²) in [5, 5.41) is 3.16. The van der Waals surface area contributed by atoms with Gasteiger partial charge in [-0.1, -0.05) is 6.92 Å². The van der Waals surface area contributed by atoms with Crippen molar-refractivity contribution in [3.05, 3.63) is 24.3 Å². The summed E-state index contributed by atoms with van der Waals surface area (Å²) in [6.45, 7) is 5.13. The Morgan fingerprint density at radius 1 is 1.25 bits per heavy atom. The third-order valence-electron chi connectivity index (χ3n) is 3.83. The van der Waals surface area contributed by atoms with Crippen LogP contribution in [0, 0.1) is 0 Å². The fraction of sp³-hybridized carbons (Fsp3) is 0.562. The zero-order valence-corrected chi connectivity index (χ0v) is 15.0. The molecule has 1 fully saturated rings. The molecule has 1 aliphatic heterocycles. The summed E-state index contributed by atoms with van der Waals surface area (Å²) in [7, 11) is -2.27. The van der Waals surface area contributed by atoms with Crippen LogP contribution in [-0.2, 0) is 14.8 Å². The highest BCUT2D eigenvalue weighted by molar-refractivity contribution is 7.89. The van der Waals surface area contributed by atoms with E-state index in [1.165, 1.54) is 19.2 Å². The first kappa shape index (κ1) is 18.7. The minimum Gasteiger partial charge on any atom is -0.494 e. The minimum atomic E-state index is -3.70. The highest BCUT2D eigenvalue weighted by atomic mass is 32.2. The molecule has 0 saturated carbocycles. The van der Waals surface area contributed by atoms with Gasteiger partial charge in [-0.05, 0) is 30.7 Å². The van der Waals surface area contributed by atoms with Crippen LogP contribution in [0.3, 0.4) is 0 Å². The smallest absolute Gasteiger partial charge is 0.243 e. The lowest BCUT2D eigenvalue weighted by Crippen LogP contribution is -2.49. The van der Waals surface area contributed by atoms with E-state index < -0.39 is 10.0 Å². The lowest BCUT2D eigenvalue weighted by atomic mass is 10.3. The third-order valence-corrected chi connectivity index (χ3v) is 5.65. The number of ether oxygens (including phenoxy) is 1. The van der Waals surface area contributed by atoms with Gasteiger partial charge in [-0.3, -0.25) is 4.79 Å². The predicted octanol–water partition coefficient (Wildman–Crippen LogP) is 0.528. The van der Waals surface area contributed by atoms with E-state index in [2.05, 4.69) is 5.32 Å². The number of hydrogen-bond acceptors (Lipinski definition) is 5. The Bertz CT molecular complexity index is 640. The number of likely N-dealkylation sites (N-methyl/N-ethyl adjacent to an activating group) is 1. The standard InChI is InChI=1S/C16H25N3O4S/c1-3-12-23-14-4-6-15(7-5-14)24(21,22)18(2)13-16(20)19-10-8-17-9-11-19/h4-7,17H,3,8-13H2,1-2H3. The van der Waals surface area contributed by atoms with E-state index in [-0.39, 0.29) is 17.3 Å². The molecule has 1 aromatic carbocycles. The summed E-state index contributed by atoms with van der Waals surface area (Å²) in [5.41, 5.74) is 0. The lowest BCUT2D eigenvalue weighted by molar-refractivity contribution is -0.131. The molecule has 1 aliphatic rings. The van der Waals surface area contributed by atoms with E-state index in [4.69, 9.17) is 4.74 Å². The molecule has 0 spiro atoms. The summed E-state index contributed by atoms with van der Waals surface area (Å²) in [6, 6.07) is 6.28. The van der Waals surface area contributed by atoms with E-state index in [0.717, 1.165) is 23.8 Å². The van der Waals surface area contributed by atoms with Crippen molar-refractivity contribution in [1.82, 2.24) is 14.5 Å². The van der Waals surface area contributed by atoms with Crippen LogP contribution in [0.4, 0.5) is 0 Å². The molecule has 24 heavy (non-hydrogen) atoms. The summed E-state index contributed by atoms with van der Waals surface area (Å²) in [6.07, 6.45) is 0.886. The van der Waals surface area contributed by atoms with Crippen LogP contribution < -0.4 is 10.1 Å². The van der Waals surface area contributed by atoms with Crippen LogP contribution in [0.5, 0.6) is 5.75 Å². The highest BCUT2D eigenvalue weighted by Gasteiger charge is 2.25. The molecule has 7 nitrogen and oxygen atoms in total. The van der Waals surface area contributed by atoms with Gasteiger partial charge in [0.05, 0.1) is 18.0 Å². The van der Waals surface area contributed by atoms with Crippen molar-refractivity contribution in [2.24, 2.45) is 0 Å². The van der Waals surface area contributed by atoms with Crippen molar-refractivity contribution < 1.29 is 17.9 Å². The van der Waals surface area contributed by atoms with E-state index in [1.54, 1.807) is 17.0 Å². The largest absolute Gasteiger partial charge is 0.494 e. The van der Waals surface area contributed by atoms with Crippen molar-refractivity contribution in [2.45, 2.75) is 18.2 Å². The second-order valence-electron chi connectivity index (χ2n) is 5.71. The van der Waals surface area contributed by atoms with Crippen LogP contribution in [0.2, 0.25) is 0 Å².